The molecule has 1 aromatic heterocycles. The van der Waals surface area contributed by atoms with Gasteiger partial charge in [-0.15, -0.1) is 0 Å². The number of benzene rings is 1. The molecule has 0 saturated carbocycles. The van der Waals surface area contributed by atoms with Gasteiger partial charge in [-0.25, -0.2) is 4.98 Å². The van der Waals surface area contributed by atoms with E-state index in [2.05, 4.69) is 15.1 Å². The monoisotopic (exact) mass is 268 g/mol. The smallest absolute Gasteiger partial charge is 0.225 e. The van der Waals surface area contributed by atoms with Crippen molar-refractivity contribution in [3.8, 4) is 11.3 Å². The van der Waals surface area contributed by atoms with Crippen LogP contribution >= 0.6 is 0 Å². The highest BCUT2D eigenvalue weighted by Gasteiger charge is 2.22. The quantitative estimate of drug-likeness (QED) is 0.887. The van der Waals surface area contributed by atoms with Gasteiger partial charge in [-0.05, 0) is 18.6 Å². The van der Waals surface area contributed by atoms with E-state index >= 15 is 0 Å². The van der Waals surface area contributed by atoms with Gasteiger partial charge in [0.25, 0.3) is 0 Å². The number of carbonyl (C=O) groups excluding carboxylic acids is 1. The highest BCUT2D eigenvalue weighted by Crippen LogP contribution is 2.23. The number of anilines is 1. The van der Waals surface area contributed by atoms with E-state index in [1.807, 2.05) is 25.1 Å². The molecule has 0 atom stereocenters. The summed E-state index contributed by atoms with van der Waals surface area (Å²) in [5.74, 6) is 0.245. The zero-order valence-corrected chi connectivity index (χ0v) is 10.8. The number of carbonyl (C=O) groups is 1. The van der Waals surface area contributed by atoms with Crippen molar-refractivity contribution < 1.29 is 9.63 Å². The summed E-state index contributed by atoms with van der Waals surface area (Å²) >= 11 is 0. The van der Waals surface area contributed by atoms with Crippen LogP contribution in [0.1, 0.15) is 11.1 Å². The number of aromatic nitrogens is 2. The van der Waals surface area contributed by atoms with E-state index in [0.29, 0.717) is 22.8 Å². The molecule has 6 heteroatoms. The molecule has 1 aliphatic rings. The fourth-order valence-corrected chi connectivity index (χ4v) is 2.01. The second-order valence-electron chi connectivity index (χ2n) is 4.49. The van der Waals surface area contributed by atoms with Crippen molar-refractivity contribution in [1.82, 2.24) is 9.97 Å². The summed E-state index contributed by atoms with van der Waals surface area (Å²) in [6, 6.07) is 5.62. The van der Waals surface area contributed by atoms with E-state index in [4.69, 9.17) is 10.6 Å². The third kappa shape index (κ3) is 2.11. The first-order chi connectivity index (χ1) is 9.65. The number of Topliss-reactive ketones (excluding diaryl/α,β-unsaturated/α-hetero) is 1. The van der Waals surface area contributed by atoms with Gasteiger partial charge in [0.05, 0.1) is 18.1 Å². The van der Waals surface area contributed by atoms with Crippen molar-refractivity contribution in [1.29, 1.82) is 0 Å². The molecule has 0 amide bonds. The molecule has 0 unspecified atom stereocenters. The molecule has 0 spiro atoms. The minimum Gasteiger partial charge on any atom is -0.387 e. The number of oxime groups is 1. The van der Waals surface area contributed by atoms with Gasteiger partial charge in [0.15, 0.2) is 12.3 Å². The van der Waals surface area contributed by atoms with Crippen molar-refractivity contribution in [2.45, 2.75) is 6.92 Å². The number of nitrogen functional groups attached to an aromatic ring is 1. The number of nitrogens with zero attached hydrogens (tertiary/aromatic N) is 3. The first-order valence-electron chi connectivity index (χ1n) is 6.07. The fourth-order valence-electron chi connectivity index (χ4n) is 2.01. The lowest BCUT2D eigenvalue weighted by Crippen LogP contribution is -2.13. The van der Waals surface area contributed by atoms with E-state index in [9.17, 15) is 4.79 Å². The summed E-state index contributed by atoms with van der Waals surface area (Å²) in [6.07, 6.45) is 3.11. The van der Waals surface area contributed by atoms with Crippen LogP contribution in [-0.2, 0) is 9.63 Å². The standard InChI is InChI=1S/C14H12N4O2/c1-8-2-3-9(14-12(19)7-20-18-14)4-10(8)11-5-17-13(15)6-16-11/h2-6H,7H2,1H3,(H2,15,17). The largest absolute Gasteiger partial charge is 0.387 e. The van der Waals surface area contributed by atoms with E-state index in [0.717, 1.165) is 11.1 Å². The summed E-state index contributed by atoms with van der Waals surface area (Å²) in [4.78, 5) is 24.7. The molecule has 2 heterocycles. The lowest BCUT2D eigenvalue weighted by atomic mass is 9.99. The number of nitrogens with two attached hydrogens (primary N) is 1. The van der Waals surface area contributed by atoms with Crippen molar-refractivity contribution in [2.24, 2.45) is 5.16 Å². The molecular formula is C14H12N4O2. The summed E-state index contributed by atoms with van der Waals surface area (Å²) < 4.78 is 0. The van der Waals surface area contributed by atoms with Crippen LogP contribution in [-0.4, -0.2) is 28.1 Å². The van der Waals surface area contributed by atoms with Gasteiger partial charge in [-0.3, -0.25) is 9.78 Å². The van der Waals surface area contributed by atoms with Gasteiger partial charge in [0, 0.05) is 11.1 Å². The molecule has 0 radical (unpaired) electrons. The second-order valence-corrected chi connectivity index (χ2v) is 4.49. The van der Waals surface area contributed by atoms with E-state index in [-0.39, 0.29) is 12.4 Å². The molecule has 100 valence electrons. The van der Waals surface area contributed by atoms with Crippen LogP contribution in [0, 0.1) is 6.92 Å². The van der Waals surface area contributed by atoms with Crippen LogP contribution in [0.15, 0.2) is 35.7 Å². The van der Waals surface area contributed by atoms with Gasteiger partial charge in [0.2, 0.25) is 5.78 Å². The molecular weight excluding hydrogens is 256 g/mol. The molecule has 0 aliphatic carbocycles. The van der Waals surface area contributed by atoms with E-state index in [1.165, 1.54) is 6.20 Å². The van der Waals surface area contributed by atoms with Crippen molar-refractivity contribution >= 4 is 17.3 Å². The minimum absolute atomic E-state index is 0.000217. The summed E-state index contributed by atoms with van der Waals surface area (Å²) in [5.41, 5.74) is 9.21. The lowest BCUT2D eigenvalue weighted by Gasteiger charge is -2.07. The fraction of sp³-hybridized carbons (Fsp3) is 0.143. The Kier molecular flexibility index (Phi) is 2.90. The number of rotatable bonds is 2. The Balaban J connectivity index is 2.07. The molecule has 0 bridgehead atoms. The normalized spacial score (nSPS) is 14.1. The van der Waals surface area contributed by atoms with Crippen LogP contribution < -0.4 is 5.73 Å². The molecule has 3 rings (SSSR count). The Morgan fingerprint density at radius 3 is 2.75 bits per heavy atom. The molecule has 0 fully saturated rings. The maximum Gasteiger partial charge on any atom is 0.225 e. The van der Waals surface area contributed by atoms with Gasteiger partial charge in [0.1, 0.15) is 5.82 Å². The van der Waals surface area contributed by atoms with Gasteiger partial charge in [-0.1, -0.05) is 17.3 Å². The topological polar surface area (TPSA) is 90.5 Å². The Morgan fingerprint density at radius 1 is 1.25 bits per heavy atom. The number of aryl methyl sites for hydroxylation is 1. The molecule has 0 saturated heterocycles. The third-order valence-corrected chi connectivity index (χ3v) is 3.07. The summed E-state index contributed by atoms with van der Waals surface area (Å²) in [7, 11) is 0. The maximum atomic E-state index is 11.7. The van der Waals surface area contributed by atoms with Crippen LogP contribution in [0.3, 0.4) is 0 Å². The summed E-state index contributed by atoms with van der Waals surface area (Å²) in [6.45, 7) is 1.96. The molecule has 2 N–H and O–H groups in total. The SMILES string of the molecule is Cc1ccc(C2=NOCC2=O)cc1-c1cnc(N)cn1. The number of hydrogen-bond donors (Lipinski definition) is 1. The summed E-state index contributed by atoms with van der Waals surface area (Å²) in [5, 5.41) is 3.78. The number of ketones is 1. The van der Waals surface area contributed by atoms with Gasteiger partial charge in [-0.2, -0.15) is 0 Å². The molecule has 20 heavy (non-hydrogen) atoms. The second kappa shape index (κ2) is 4.73. The van der Waals surface area contributed by atoms with Crippen molar-refractivity contribution in [2.75, 3.05) is 12.3 Å². The molecule has 1 aliphatic heterocycles. The lowest BCUT2D eigenvalue weighted by molar-refractivity contribution is -0.114. The number of hydrogen-bond acceptors (Lipinski definition) is 6. The van der Waals surface area contributed by atoms with Crippen LogP contribution in [0.5, 0.6) is 0 Å². The molecule has 1 aromatic carbocycles. The highest BCUT2D eigenvalue weighted by atomic mass is 16.6. The first-order valence-corrected chi connectivity index (χ1v) is 6.07. The Labute approximate surface area is 115 Å². The van der Waals surface area contributed by atoms with Crippen molar-refractivity contribution in [3.05, 3.63) is 41.7 Å². The minimum atomic E-state index is -0.122. The van der Waals surface area contributed by atoms with Crippen LogP contribution in [0.4, 0.5) is 5.82 Å². The van der Waals surface area contributed by atoms with Crippen molar-refractivity contribution in [3.63, 3.8) is 0 Å². The average molecular weight is 268 g/mol. The Hall–Kier alpha value is -2.76. The predicted octanol–water partition coefficient (Wildman–Crippen LogP) is 1.34. The predicted molar refractivity (Wildman–Crippen MR) is 74.1 cm³/mol. The van der Waals surface area contributed by atoms with E-state index in [1.54, 1.807) is 6.20 Å². The third-order valence-electron chi connectivity index (χ3n) is 3.07. The van der Waals surface area contributed by atoms with Gasteiger partial charge < -0.3 is 10.6 Å². The molecule has 2 aromatic rings. The van der Waals surface area contributed by atoms with E-state index < -0.39 is 0 Å². The first kappa shape index (κ1) is 12.3. The zero-order chi connectivity index (χ0) is 14.1. The zero-order valence-electron chi connectivity index (χ0n) is 10.8. The molecule has 6 nitrogen and oxygen atoms in total. The van der Waals surface area contributed by atoms with Crippen LogP contribution in [0.2, 0.25) is 0 Å². The van der Waals surface area contributed by atoms with Gasteiger partial charge >= 0.3 is 0 Å². The Morgan fingerprint density at radius 2 is 2.10 bits per heavy atom. The Bertz CT molecular complexity index is 708. The highest BCUT2D eigenvalue weighted by molar-refractivity contribution is 6.47. The maximum absolute atomic E-state index is 11.7. The average Bonchev–Trinajstić information content (AvgIpc) is 2.87. The van der Waals surface area contributed by atoms with Crippen LogP contribution in [0.25, 0.3) is 11.3 Å².